The lowest BCUT2D eigenvalue weighted by Crippen LogP contribution is -2.33. The Balaban J connectivity index is 2.88. The maximum atomic E-state index is 12.6. The predicted molar refractivity (Wildman–Crippen MR) is 70.2 cm³/mol. The molecule has 0 N–H and O–H groups in total. The van der Waals surface area contributed by atoms with Crippen LogP contribution in [0.15, 0.2) is 24.3 Å². The van der Waals surface area contributed by atoms with Crippen LogP contribution in [0.4, 0.5) is 13.2 Å². The lowest BCUT2D eigenvalue weighted by molar-refractivity contribution is -0.137. The molecule has 0 saturated carbocycles. The van der Waals surface area contributed by atoms with Gasteiger partial charge in [-0.15, -0.1) is 0 Å². The predicted octanol–water partition coefficient (Wildman–Crippen LogP) is 5.30. The zero-order valence-electron chi connectivity index (χ0n) is 12.1. The highest BCUT2D eigenvalue weighted by Gasteiger charge is 2.32. The van der Waals surface area contributed by atoms with Gasteiger partial charge in [-0.05, 0) is 43.9 Å². The minimum absolute atomic E-state index is 0.0468. The van der Waals surface area contributed by atoms with E-state index in [1.807, 2.05) is 13.8 Å². The maximum absolute atomic E-state index is 12.6. The number of hydrogen-bond acceptors (Lipinski definition) is 1. The van der Waals surface area contributed by atoms with Crippen LogP contribution < -0.4 is 4.74 Å². The zero-order valence-corrected chi connectivity index (χ0v) is 12.1. The summed E-state index contributed by atoms with van der Waals surface area (Å²) in [5.41, 5.74) is -1.15. The average molecular weight is 274 g/mol. The van der Waals surface area contributed by atoms with Crippen LogP contribution in [0.1, 0.15) is 46.6 Å². The van der Waals surface area contributed by atoms with E-state index in [4.69, 9.17) is 4.74 Å². The Morgan fingerprint density at radius 2 is 1.58 bits per heavy atom. The second-order valence-electron chi connectivity index (χ2n) is 6.62. The molecule has 108 valence electrons. The Labute approximate surface area is 112 Å². The summed E-state index contributed by atoms with van der Waals surface area (Å²) in [5, 5.41) is 0. The molecule has 1 rings (SSSR count). The Hall–Kier alpha value is -1.19. The van der Waals surface area contributed by atoms with Crippen LogP contribution >= 0.6 is 0 Å². The van der Waals surface area contributed by atoms with Crippen molar-refractivity contribution < 1.29 is 17.9 Å². The molecule has 0 amide bonds. The van der Waals surface area contributed by atoms with Crippen molar-refractivity contribution in [3.63, 3.8) is 0 Å². The van der Waals surface area contributed by atoms with Gasteiger partial charge in [0.05, 0.1) is 5.56 Å². The Morgan fingerprint density at radius 3 is 2.05 bits per heavy atom. The summed E-state index contributed by atoms with van der Waals surface area (Å²) in [4.78, 5) is 0. The largest absolute Gasteiger partial charge is 0.488 e. The smallest absolute Gasteiger partial charge is 0.416 e. The highest BCUT2D eigenvalue weighted by Crippen LogP contribution is 2.34. The molecule has 1 aromatic rings. The molecule has 0 unspecified atom stereocenters. The molecule has 0 bridgehead atoms. The Morgan fingerprint density at radius 1 is 1.00 bits per heavy atom. The minimum Gasteiger partial charge on any atom is -0.488 e. The molecule has 4 heteroatoms. The van der Waals surface area contributed by atoms with Crippen LogP contribution in [0.5, 0.6) is 5.75 Å². The van der Waals surface area contributed by atoms with Gasteiger partial charge < -0.3 is 4.74 Å². The summed E-state index contributed by atoms with van der Waals surface area (Å²) >= 11 is 0. The van der Waals surface area contributed by atoms with Crippen LogP contribution in [-0.2, 0) is 6.18 Å². The zero-order chi connectivity index (χ0) is 14.9. The SMILES string of the molecule is CC(C)(C)CC(C)(C)Oc1cccc(C(F)(F)F)c1. The number of rotatable bonds is 3. The highest BCUT2D eigenvalue weighted by atomic mass is 19.4. The first-order valence-corrected chi connectivity index (χ1v) is 6.25. The third kappa shape index (κ3) is 5.53. The van der Waals surface area contributed by atoms with Gasteiger partial charge in [-0.25, -0.2) is 0 Å². The van der Waals surface area contributed by atoms with Crippen molar-refractivity contribution in [2.24, 2.45) is 5.41 Å². The molecule has 0 aromatic heterocycles. The third-order valence-electron chi connectivity index (χ3n) is 2.51. The molecule has 0 atom stereocenters. The van der Waals surface area contributed by atoms with Crippen LogP contribution in [0.25, 0.3) is 0 Å². The Bertz CT molecular complexity index is 428. The van der Waals surface area contributed by atoms with E-state index >= 15 is 0 Å². The van der Waals surface area contributed by atoms with Gasteiger partial charge in [-0.3, -0.25) is 0 Å². The van der Waals surface area contributed by atoms with Gasteiger partial charge in [0.2, 0.25) is 0 Å². The molecule has 19 heavy (non-hydrogen) atoms. The first-order valence-electron chi connectivity index (χ1n) is 6.25. The number of ether oxygens (including phenoxy) is 1. The molecule has 0 saturated heterocycles. The fourth-order valence-electron chi connectivity index (χ4n) is 2.37. The van der Waals surface area contributed by atoms with Gasteiger partial charge in [0, 0.05) is 0 Å². The standard InChI is InChI=1S/C15H21F3O/c1-13(2,3)10-14(4,5)19-12-8-6-7-11(9-12)15(16,17)18/h6-9H,10H2,1-5H3. The van der Waals surface area contributed by atoms with E-state index in [1.54, 1.807) is 6.07 Å². The van der Waals surface area contributed by atoms with Crippen molar-refractivity contribution >= 4 is 0 Å². The molecule has 0 aliphatic rings. The van der Waals surface area contributed by atoms with Crippen molar-refractivity contribution in [1.29, 1.82) is 0 Å². The summed E-state index contributed by atoms with van der Waals surface area (Å²) in [7, 11) is 0. The lowest BCUT2D eigenvalue weighted by atomic mass is 9.83. The van der Waals surface area contributed by atoms with E-state index < -0.39 is 17.3 Å². The van der Waals surface area contributed by atoms with Crippen LogP contribution in [0, 0.1) is 5.41 Å². The summed E-state index contributed by atoms with van der Waals surface area (Å²) < 4.78 is 43.6. The van der Waals surface area contributed by atoms with E-state index in [1.165, 1.54) is 6.07 Å². The van der Waals surface area contributed by atoms with E-state index in [0.29, 0.717) is 0 Å². The fourth-order valence-corrected chi connectivity index (χ4v) is 2.37. The van der Waals surface area contributed by atoms with E-state index in [2.05, 4.69) is 20.8 Å². The van der Waals surface area contributed by atoms with Crippen molar-refractivity contribution in [1.82, 2.24) is 0 Å². The van der Waals surface area contributed by atoms with Gasteiger partial charge in [0.15, 0.2) is 0 Å². The molecule has 0 fully saturated rings. The van der Waals surface area contributed by atoms with Crippen molar-refractivity contribution in [3.8, 4) is 5.75 Å². The molecular weight excluding hydrogens is 253 g/mol. The van der Waals surface area contributed by atoms with Gasteiger partial charge in [0.25, 0.3) is 0 Å². The summed E-state index contributed by atoms with van der Waals surface area (Å²) in [5.74, 6) is 0.254. The first kappa shape index (κ1) is 15.9. The second kappa shape index (κ2) is 5.06. The topological polar surface area (TPSA) is 9.23 Å². The average Bonchev–Trinajstić information content (AvgIpc) is 2.11. The van der Waals surface area contributed by atoms with Crippen molar-refractivity contribution in [2.75, 3.05) is 0 Å². The Kier molecular flexibility index (Phi) is 4.23. The van der Waals surface area contributed by atoms with Crippen LogP contribution in [-0.4, -0.2) is 5.60 Å². The van der Waals surface area contributed by atoms with Crippen molar-refractivity contribution in [2.45, 2.75) is 52.8 Å². The molecule has 0 aliphatic carbocycles. The fraction of sp³-hybridized carbons (Fsp3) is 0.600. The third-order valence-corrected chi connectivity index (χ3v) is 2.51. The summed E-state index contributed by atoms with van der Waals surface area (Å²) in [6.07, 6.45) is -3.59. The molecule has 1 aromatic carbocycles. The number of alkyl halides is 3. The molecule has 0 aliphatic heterocycles. The number of hydrogen-bond donors (Lipinski definition) is 0. The minimum atomic E-state index is -4.34. The molecular formula is C15H21F3O. The molecule has 0 radical (unpaired) electrons. The summed E-state index contributed by atoms with van der Waals surface area (Å²) in [6.45, 7) is 10.00. The maximum Gasteiger partial charge on any atom is 0.416 e. The van der Waals surface area contributed by atoms with Crippen LogP contribution in [0.2, 0.25) is 0 Å². The number of halogens is 3. The van der Waals surface area contributed by atoms with E-state index in [0.717, 1.165) is 18.6 Å². The molecule has 0 spiro atoms. The summed E-state index contributed by atoms with van der Waals surface area (Å²) in [6, 6.07) is 5.01. The molecule has 1 nitrogen and oxygen atoms in total. The molecule has 0 heterocycles. The van der Waals surface area contributed by atoms with Gasteiger partial charge in [-0.1, -0.05) is 26.8 Å². The monoisotopic (exact) mass is 274 g/mol. The quantitative estimate of drug-likeness (QED) is 0.726. The van der Waals surface area contributed by atoms with Gasteiger partial charge in [-0.2, -0.15) is 13.2 Å². The van der Waals surface area contributed by atoms with Gasteiger partial charge in [0.1, 0.15) is 11.4 Å². The van der Waals surface area contributed by atoms with E-state index in [9.17, 15) is 13.2 Å². The highest BCUT2D eigenvalue weighted by molar-refractivity contribution is 5.30. The normalized spacial score (nSPS) is 13.5. The van der Waals surface area contributed by atoms with E-state index in [-0.39, 0.29) is 11.2 Å². The second-order valence-corrected chi connectivity index (χ2v) is 6.62. The van der Waals surface area contributed by atoms with Crippen LogP contribution in [0.3, 0.4) is 0 Å². The van der Waals surface area contributed by atoms with Gasteiger partial charge >= 0.3 is 6.18 Å². The number of benzene rings is 1. The van der Waals surface area contributed by atoms with Crippen molar-refractivity contribution in [3.05, 3.63) is 29.8 Å². The first-order chi connectivity index (χ1) is 8.39. The lowest BCUT2D eigenvalue weighted by Gasteiger charge is -2.33.